The van der Waals surface area contributed by atoms with E-state index in [4.69, 9.17) is 21.2 Å². The number of esters is 1. The first-order chi connectivity index (χ1) is 17.4. The largest absolute Gasteiger partial charge is 0.507 e. The summed E-state index contributed by atoms with van der Waals surface area (Å²) in [5.74, 6) is -1.65. The minimum atomic E-state index is -0.724. The second-order valence-corrected chi connectivity index (χ2v) is 9.44. The topological polar surface area (TPSA) is 109 Å². The standard InChI is InChI=1S/C27H35ClN2O6/c1-2-11-20-13-8-5-3-4-7-12-19(29-35-18-24(33)30-14-9-6-10-15-30)16-21-25(27(34)36-20)22(31)17-23(32)26(21)28/h5,7-8,12,17,20,31-32H,2-4,6,9-11,13-16,18H2,1H3/b8-5+,12-7+,29-19?. The molecule has 1 saturated heterocycles. The lowest BCUT2D eigenvalue weighted by molar-refractivity contribution is -0.137. The number of hydrogen-bond donors (Lipinski definition) is 2. The second-order valence-electron chi connectivity index (χ2n) is 9.06. The maximum Gasteiger partial charge on any atom is 0.342 e. The van der Waals surface area contributed by atoms with E-state index in [0.717, 1.165) is 57.7 Å². The predicted molar refractivity (Wildman–Crippen MR) is 139 cm³/mol. The molecule has 0 saturated carbocycles. The van der Waals surface area contributed by atoms with Gasteiger partial charge in [0.15, 0.2) is 6.61 Å². The Morgan fingerprint density at radius 1 is 1.17 bits per heavy atom. The van der Waals surface area contributed by atoms with Crippen LogP contribution in [0.1, 0.15) is 74.2 Å². The molecule has 9 heteroatoms. The number of likely N-dealkylation sites (tertiary alicyclic amines) is 1. The molecule has 0 aromatic heterocycles. The number of fused-ring (bicyclic) bond motifs is 1. The van der Waals surface area contributed by atoms with E-state index in [1.807, 2.05) is 25.2 Å². The van der Waals surface area contributed by atoms with Crippen LogP contribution in [0.5, 0.6) is 11.5 Å². The number of aromatic hydroxyl groups is 2. The van der Waals surface area contributed by atoms with Gasteiger partial charge >= 0.3 is 5.97 Å². The minimum Gasteiger partial charge on any atom is -0.507 e. The Kier molecular flexibility index (Phi) is 10.7. The third-order valence-electron chi connectivity index (χ3n) is 6.22. The Bertz CT molecular complexity index is 1010. The molecule has 2 aliphatic rings. The number of oxime groups is 1. The van der Waals surface area contributed by atoms with Gasteiger partial charge in [0.2, 0.25) is 0 Å². The Hall–Kier alpha value is -3.00. The van der Waals surface area contributed by atoms with Gasteiger partial charge in [-0.3, -0.25) is 4.79 Å². The fraction of sp³-hybridized carbons (Fsp3) is 0.519. The summed E-state index contributed by atoms with van der Waals surface area (Å²) in [6.45, 7) is 3.24. The number of halogens is 1. The van der Waals surface area contributed by atoms with Gasteiger partial charge in [-0.25, -0.2) is 4.79 Å². The molecule has 0 radical (unpaired) electrons. The lowest BCUT2D eigenvalue weighted by Crippen LogP contribution is -2.37. The van der Waals surface area contributed by atoms with Crippen molar-refractivity contribution in [3.63, 3.8) is 0 Å². The minimum absolute atomic E-state index is 0.0199. The first kappa shape index (κ1) is 27.6. The summed E-state index contributed by atoms with van der Waals surface area (Å²) in [6, 6.07) is 1.03. The molecule has 2 aliphatic heterocycles. The Balaban J connectivity index is 1.90. The molecular formula is C27H35ClN2O6. The number of amides is 1. The van der Waals surface area contributed by atoms with Crippen molar-refractivity contribution in [2.24, 2.45) is 5.16 Å². The number of rotatable bonds is 5. The van der Waals surface area contributed by atoms with Gasteiger partial charge in [-0.1, -0.05) is 48.3 Å². The smallest absolute Gasteiger partial charge is 0.342 e. The molecule has 1 atom stereocenters. The molecule has 0 spiro atoms. The zero-order valence-corrected chi connectivity index (χ0v) is 21.5. The first-order valence-corrected chi connectivity index (χ1v) is 13.0. The number of hydrogen-bond acceptors (Lipinski definition) is 7. The zero-order chi connectivity index (χ0) is 25.9. The number of carbonyl (C=O) groups is 2. The van der Waals surface area contributed by atoms with Crippen LogP contribution >= 0.6 is 11.6 Å². The Morgan fingerprint density at radius 2 is 1.92 bits per heavy atom. The van der Waals surface area contributed by atoms with Crippen LogP contribution < -0.4 is 0 Å². The maximum absolute atomic E-state index is 13.1. The number of phenolic OH excluding ortho intramolecular Hbond substituents is 2. The highest BCUT2D eigenvalue weighted by Crippen LogP contribution is 2.37. The number of piperidine rings is 1. The van der Waals surface area contributed by atoms with E-state index in [9.17, 15) is 19.8 Å². The van der Waals surface area contributed by atoms with Crippen molar-refractivity contribution in [2.45, 2.75) is 70.8 Å². The fourth-order valence-electron chi connectivity index (χ4n) is 4.32. The molecule has 196 valence electrons. The van der Waals surface area contributed by atoms with Gasteiger partial charge in [0.25, 0.3) is 5.91 Å². The summed E-state index contributed by atoms with van der Waals surface area (Å²) in [6.07, 6.45) is 14.0. The summed E-state index contributed by atoms with van der Waals surface area (Å²) < 4.78 is 5.72. The van der Waals surface area contributed by atoms with Crippen LogP contribution in [0.2, 0.25) is 5.02 Å². The fourth-order valence-corrected chi connectivity index (χ4v) is 4.54. The van der Waals surface area contributed by atoms with Crippen molar-refractivity contribution in [3.8, 4) is 11.5 Å². The van der Waals surface area contributed by atoms with Gasteiger partial charge < -0.3 is 24.7 Å². The summed E-state index contributed by atoms with van der Waals surface area (Å²) in [4.78, 5) is 32.8. The monoisotopic (exact) mass is 518 g/mol. The van der Waals surface area contributed by atoms with E-state index in [-0.39, 0.29) is 46.9 Å². The average Bonchev–Trinajstić information content (AvgIpc) is 2.86. The van der Waals surface area contributed by atoms with E-state index < -0.39 is 11.7 Å². The summed E-state index contributed by atoms with van der Waals surface area (Å²) in [5.41, 5.74) is 0.440. The zero-order valence-electron chi connectivity index (χ0n) is 20.7. The number of nitrogens with zero attached hydrogens (tertiary/aromatic N) is 2. The van der Waals surface area contributed by atoms with Gasteiger partial charge in [0.1, 0.15) is 23.2 Å². The quantitative estimate of drug-likeness (QED) is 0.311. The molecule has 2 heterocycles. The van der Waals surface area contributed by atoms with Crippen molar-refractivity contribution >= 4 is 29.2 Å². The number of carbonyl (C=O) groups excluding carboxylic acids is 2. The number of ether oxygens (including phenoxy) is 1. The SMILES string of the molecule is CCCC1C/C=C/CC/C=C/C(=NOCC(=O)N2CCCCC2)Cc2c(Cl)c(O)cc(O)c2C(=O)O1. The van der Waals surface area contributed by atoms with E-state index in [2.05, 4.69) is 5.16 Å². The predicted octanol–water partition coefficient (Wildman–Crippen LogP) is 5.30. The van der Waals surface area contributed by atoms with Crippen LogP contribution in [0.25, 0.3) is 0 Å². The van der Waals surface area contributed by atoms with Crippen LogP contribution in [-0.2, 0) is 20.8 Å². The van der Waals surface area contributed by atoms with Gasteiger partial charge in [0, 0.05) is 32.0 Å². The van der Waals surface area contributed by atoms with Crippen LogP contribution in [-0.4, -0.2) is 58.5 Å². The molecule has 1 aromatic rings. The van der Waals surface area contributed by atoms with Crippen molar-refractivity contribution in [3.05, 3.63) is 46.5 Å². The summed E-state index contributed by atoms with van der Waals surface area (Å²) in [7, 11) is 0. The van der Waals surface area contributed by atoms with Crippen LogP contribution in [0.4, 0.5) is 0 Å². The molecule has 2 N–H and O–H groups in total. The normalized spacial score (nSPS) is 22.3. The maximum atomic E-state index is 13.1. The third kappa shape index (κ3) is 7.75. The molecule has 0 aliphatic carbocycles. The van der Waals surface area contributed by atoms with Crippen LogP contribution in [0, 0.1) is 0 Å². The average molecular weight is 519 g/mol. The lowest BCUT2D eigenvalue weighted by Gasteiger charge is -2.26. The van der Waals surface area contributed by atoms with Gasteiger partial charge in [-0.2, -0.15) is 0 Å². The van der Waals surface area contributed by atoms with Crippen molar-refractivity contribution < 1.29 is 29.4 Å². The molecule has 1 unspecified atom stereocenters. The van der Waals surface area contributed by atoms with E-state index in [1.54, 1.807) is 11.0 Å². The summed E-state index contributed by atoms with van der Waals surface area (Å²) in [5, 5.41) is 24.9. The van der Waals surface area contributed by atoms with Gasteiger partial charge in [0.05, 0.1) is 10.7 Å². The highest BCUT2D eigenvalue weighted by atomic mass is 35.5. The van der Waals surface area contributed by atoms with Crippen molar-refractivity contribution in [1.29, 1.82) is 0 Å². The highest BCUT2D eigenvalue weighted by molar-refractivity contribution is 6.33. The Labute approximate surface area is 217 Å². The molecule has 3 rings (SSSR count). The van der Waals surface area contributed by atoms with Gasteiger partial charge in [-0.15, -0.1) is 0 Å². The number of allylic oxidation sites excluding steroid dienone is 3. The highest BCUT2D eigenvalue weighted by Gasteiger charge is 2.26. The third-order valence-corrected chi connectivity index (χ3v) is 6.64. The molecule has 36 heavy (non-hydrogen) atoms. The molecule has 1 aromatic carbocycles. The summed E-state index contributed by atoms with van der Waals surface area (Å²) >= 11 is 6.39. The van der Waals surface area contributed by atoms with Crippen LogP contribution in [0.3, 0.4) is 0 Å². The van der Waals surface area contributed by atoms with Crippen molar-refractivity contribution in [2.75, 3.05) is 19.7 Å². The first-order valence-electron chi connectivity index (χ1n) is 12.6. The van der Waals surface area contributed by atoms with Gasteiger partial charge in [-0.05, 0) is 50.2 Å². The number of benzene rings is 1. The molecule has 1 fully saturated rings. The van der Waals surface area contributed by atoms with Crippen LogP contribution in [0.15, 0.2) is 35.5 Å². The van der Waals surface area contributed by atoms with Crippen molar-refractivity contribution in [1.82, 2.24) is 4.90 Å². The van der Waals surface area contributed by atoms with E-state index in [1.165, 1.54) is 0 Å². The van der Waals surface area contributed by atoms with E-state index in [0.29, 0.717) is 18.6 Å². The molecule has 1 amide bonds. The molecule has 0 bridgehead atoms. The number of phenols is 2. The van der Waals surface area contributed by atoms with E-state index >= 15 is 0 Å². The Morgan fingerprint density at radius 3 is 2.67 bits per heavy atom. The number of cyclic esters (lactones) is 1. The lowest BCUT2D eigenvalue weighted by atomic mass is 9.99. The molecular weight excluding hydrogens is 484 g/mol. The molecule has 8 nitrogen and oxygen atoms in total. The second kappa shape index (κ2) is 13.9.